The lowest BCUT2D eigenvalue weighted by molar-refractivity contribution is -0.115. The number of aromatic carboxylic acids is 1. The Morgan fingerprint density at radius 1 is 1.23 bits per heavy atom. The minimum absolute atomic E-state index is 0.111. The van der Waals surface area contributed by atoms with Crippen LogP contribution in [0.2, 0.25) is 0 Å². The first-order valence-corrected chi connectivity index (χ1v) is 7.63. The number of anilines is 1. The summed E-state index contributed by atoms with van der Waals surface area (Å²) in [6, 6.07) is 12.3. The van der Waals surface area contributed by atoms with Gasteiger partial charge in [-0.3, -0.25) is 9.69 Å². The molecule has 0 radical (unpaired) electrons. The van der Waals surface area contributed by atoms with Crippen LogP contribution in [0.1, 0.15) is 21.3 Å². The topological polar surface area (TPSA) is 57.6 Å². The lowest BCUT2D eigenvalue weighted by Crippen LogP contribution is -2.28. The number of carboxylic acids is 1. The standard InChI is InChI=1S/C16H12FNO3S/c17-12-5-1-3-10(7-12)15-18(14(19)9-22-15)13-6-2-4-11(8-13)16(20)21/h1-8,15H,9H2,(H,20,21). The van der Waals surface area contributed by atoms with Crippen molar-refractivity contribution in [1.82, 2.24) is 0 Å². The summed E-state index contributed by atoms with van der Waals surface area (Å²) in [5.41, 5.74) is 1.29. The number of benzene rings is 2. The van der Waals surface area contributed by atoms with Gasteiger partial charge in [-0.1, -0.05) is 18.2 Å². The summed E-state index contributed by atoms with van der Waals surface area (Å²) in [7, 11) is 0. The van der Waals surface area contributed by atoms with Crippen molar-refractivity contribution in [2.45, 2.75) is 5.37 Å². The first-order chi connectivity index (χ1) is 10.6. The summed E-state index contributed by atoms with van der Waals surface area (Å²) in [5, 5.41) is 8.72. The summed E-state index contributed by atoms with van der Waals surface area (Å²) >= 11 is 1.39. The van der Waals surface area contributed by atoms with Gasteiger partial charge in [-0.25, -0.2) is 9.18 Å². The monoisotopic (exact) mass is 317 g/mol. The fourth-order valence-corrected chi connectivity index (χ4v) is 3.57. The molecule has 3 rings (SSSR count). The third kappa shape index (κ3) is 2.69. The van der Waals surface area contributed by atoms with Gasteiger partial charge in [0.2, 0.25) is 5.91 Å². The van der Waals surface area contributed by atoms with Crippen LogP contribution in [-0.2, 0) is 4.79 Å². The minimum Gasteiger partial charge on any atom is -0.478 e. The van der Waals surface area contributed by atoms with E-state index in [1.807, 2.05) is 0 Å². The molecular weight excluding hydrogens is 305 g/mol. The lowest BCUT2D eigenvalue weighted by atomic mass is 10.1. The Morgan fingerprint density at radius 2 is 2.00 bits per heavy atom. The maximum Gasteiger partial charge on any atom is 0.335 e. The van der Waals surface area contributed by atoms with Gasteiger partial charge in [0, 0.05) is 5.69 Å². The zero-order valence-corrected chi connectivity index (χ0v) is 12.2. The van der Waals surface area contributed by atoms with Crippen molar-refractivity contribution >= 4 is 29.3 Å². The molecule has 0 aliphatic carbocycles. The Morgan fingerprint density at radius 3 is 2.73 bits per heavy atom. The van der Waals surface area contributed by atoms with Crippen molar-refractivity contribution in [2.24, 2.45) is 0 Å². The van der Waals surface area contributed by atoms with E-state index in [1.165, 1.54) is 40.9 Å². The van der Waals surface area contributed by atoms with Gasteiger partial charge < -0.3 is 5.11 Å². The molecule has 1 fully saturated rings. The van der Waals surface area contributed by atoms with Crippen molar-refractivity contribution in [3.63, 3.8) is 0 Å². The zero-order valence-electron chi connectivity index (χ0n) is 11.4. The average molecular weight is 317 g/mol. The maximum atomic E-state index is 13.4. The molecule has 1 N–H and O–H groups in total. The largest absolute Gasteiger partial charge is 0.478 e. The number of amides is 1. The van der Waals surface area contributed by atoms with Crippen molar-refractivity contribution < 1.29 is 19.1 Å². The molecule has 1 unspecified atom stereocenters. The second-order valence-electron chi connectivity index (χ2n) is 4.84. The van der Waals surface area contributed by atoms with Gasteiger partial charge in [0.1, 0.15) is 11.2 Å². The van der Waals surface area contributed by atoms with Crippen LogP contribution in [0.5, 0.6) is 0 Å². The highest BCUT2D eigenvalue weighted by Crippen LogP contribution is 2.41. The molecule has 0 aromatic heterocycles. The SMILES string of the molecule is O=C(O)c1cccc(N2C(=O)CSC2c2cccc(F)c2)c1. The smallest absolute Gasteiger partial charge is 0.335 e. The fraction of sp³-hybridized carbons (Fsp3) is 0.125. The number of carboxylic acid groups (broad SMARTS) is 1. The van der Waals surface area contributed by atoms with Gasteiger partial charge in [-0.2, -0.15) is 0 Å². The van der Waals surface area contributed by atoms with E-state index in [0.29, 0.717) is 11.3 Å². The van der Waals surface area contributed by atoms with Crippen LogP contribution >= 0.6 is 11.8 Å². The Labute approximate surface area is 130 Å². The second kappa shape index (κ2) is 5.81. The van der Waals surface area contributed by atoms with Gasteiger partial charge >= 0.3 is 5.97 Å². The number of carbonyl (C=O) groups excluding carboxylic acids is 1. The van der Waals surface area contributed by atoms with E-state index in [-0.39, 0.29) is 28.4 Å². The molecule has 6 heteroatoms. The summed E-state index contributed by atoms with van der Waals surface area (Å²) in [6.07, 6.45) is 0. The molecule has 0 saturated carbocycles. The number of rotatable bonds is 3. The quantitative estimate of drug-likeness (QED) is 0.943. The molecule has 1 saturated heterocycles. The van der Waals surface area contributed by atoms with Gasteiger partial charge in [-0.15, -0.1) is 11.8 Å². The van der Waals surface area contributed by atoms with Crippen molar-refractivity contribution in [1.29, 1.82) is 0 Å². The predicted octanol–water partition coefficient (Wildman–Crippen LogP) is 3.30. The summed E-state index contributed by atoms with van der Waals surface area (Å²) < 4.78 is 13.4. The third-order valence-electron chi connectivity index (χ3n) is 3.37. The first-order valence-electron chi connectivity index (χ1n) is 6.59. The molecule has 2 aromatic carbocycles. The highest BCUT2D eigenvalue weighted by Gasteiger charge is 2.34. The molecule has 1 aliphatic rings. The first kappa shape index (κ1) is 14.6. The van der Waals surface area contributed by atoms with Crippen LogP contribution in [-0.4, -0.2) is 22.7 Å². The Balaban J connectivity index is 2.01. The van der Waals surface area contributed by atoms with Crippen LogP contribution in [0, 0.1) is 5.82 Å². The number of carbonyl (C=O) groups is 2. The minimum atomic E-state index is -1.05. The second-order valence-corrected chi connectivity index (χ2v) is 5.91. The Bertz CT molecular complexity index is 750. The maximum absolute atomic E-state index is 13.4. The number of hydrogen-bond donors (Lipinski definition) is 1. The highest BCUT2D eigenvalue weighted by molar-refractivity contribution is 8.00. The average Bonchev–Trinajstić information content (AvgIpc) is 2.89. The third-order valence-corrected chi connectivity index (χ3v) is 4.59. The summed E-state index contributed by atoms with van der Waals surface area (Å²) in [5.74, 6) is -1.26. The molecule has 4 nitrogen and oxygen atoms in total. The van der Waals surface area contributed by atoms with E-state index in [9.17, 15) is 14.0 Å². The van der Waals surface area contributed by atoms with Crippen molar-refractivity contribution in [2.75, 3.05) is 10.7 Å². The van der Waals surface area contributed by atoms with Crippen molar-refractivity contribution in [3.8, 4) is 0 Å². The van der Waals surface area contributed by atoms with Gasteiger partial charge in [0.25, 0.3) is 0 Å². The van der Waals surface area contributed by atoms with Gasteiger partial charge in [0.05, 0.1) is 11.3 Å². The van der Waals surface area contributed by atoms with Crippen LogP contribution in [0.4, 0.5) is 10.1 Å². The summed E-state index contributed by atoms with van der Waals surface area (Å²) in [4.78, 5) is 24.8. The van der Waals surface area contributed by atoms with Crippen LogP contribution in [0.25, 0.3) is 0 Å². The predicted molar refractivity (Wildman–Crippen MR) is 82.5 cm³/mol. The van der Waals surface area contributed by atoms with Crippen LogP contribution < -0.4 is 4.90 Å². The molecule has 1 heterocycles. The normalized spacial score (nSPS) is 17.8. The van der Waals surface area contributed by atoms with E-state index in [4.69, 9.17) is 5.11 Å². The number of nitrogens with zero attached hydrogens (tertiary/aromatic N) is 1. The summed E-state index contributed by atoms with van der Waals surface area (Å²) in [6.45, 7) is 0. The number of halogens is 1. The van der Waals surface area contributed by atoms with Crippen molar-refractivity contribution in [3.05, 3.63) is 65.5 Å². The molecule has 1 atom stereocenters. The van der Waals surface area contributed by atoms with E-state index in [1.54, 1.807) is 24.3 Å². The molecule has 2 aromatic rings. The molecule has 1 amide bonds. The Hall–Kier alpha value is -2.34. The van der Waals surface area contributed by atoms with E-state index < -0.39 is 5.97 Å². The van der Waals surface area contributed by atoms with Gasteiger partial charge in [0.15, 0.2) is 0 Å². The molecule has 0 spiro atoms. The Kier molecular flexibility index (Phi) is 3.85. The molecule has 22 heavy (non-hydrogen) atoms. The van der Waals surface area contributed by atoms with E-state index in [2.05, 4.69) is 0 Å². The number of hydrogen-bond acceptors (Lipinski definition) is 3. The van der Waals surface area contributed by atoms with E-state index in [0.717, 1.165) is 0 Å². The fourth-order valence-electron chi connectivity index (χ4n) is 2.40. The molecule has 0 bridgehead atoms. The lowest BCUT2D eigenvalue weighted by Gasteiger charge is -2.24. The molecular formula is C16H12FNO3S. The van der Waals surface area contributed by atoms with Crippen LogP contribution in [0.3, 0.4) is 0 Å². The van der Waals surface area contributed by atoms with E-state index >= 15 is 0 Å². The zero-order chi connectivity index (χ0) is 15.7. The molecule has 1 aliphatic heterocycles. The van der Waals surface area contributed by atoms with Gasteiger partial charge in [-0.05, 0) is 35.9 Å². The molecule has 112 valence electrons. The van der Waals surface area contributed by atoms with Crippen LogP contribution in [0.15, 0.2) is 48.5 Å². The highest BCUT2D eigenvalue weighted by atomic mass is 32.2. The number of thioether (sulfide) groups is 1.